The molecular weight excluding hydrogens is 393 g/mol. The third-order valence-electron chi connectivity index (χ3n) is 4.80. The van der Waals surface area contributed by atoms with Gasteiger partial charge >= 0.3 is 0 Å². The molecule has 1 aliphatic heterocycles. The summed E-state index contributed by atoms with van der Waals surface area (Å²) in [5.41, 5.74) is 2.43. The first-order chi connectivity index (χ1) is 14.0. The van der Waals surface area contributed by atoms with E-state index in [-0.39, 0.29) is 18.2 Å². The van der Waals surface area contributed by atoms with E-state index in [1.165, 1.54) is 29.2 Å². The molecule has 0 aliphatic carbocycles. The number of carbonyl (C=O) groups excluding carboxylic acids is 2. The SMILES string of the molecule is O=C(CC1c2ncccc2C(=O)N1c1ccc(F)cc1)NCc1ccc(Cl)cc1. The minimum atomic E-state index is -0.561. The maximum atomic E-state index is 13.3. The van der Waals surface area contributed by atoms with Crippen LogP contribution in [0.4, 0.5) is 10.1 Å². The predicted octanol–water partition coefficient (Wildman–Crippen LogP) is 4.28. The number of hydrogen-bond donors (Lipinski definition) is 1. The third kappa shape index (κ3) is 3.98. The molecule has 1 aliphatic rings. The van der Waals surface area contributed by atoms with E-state index in [1.54, 1.807) is 30.5 Å². The van der Waals surface area contributed by atoms with Crippen LogP contribution in [-0.4, -0.2) is 16.8 Å². The fourth-order valence-corrected chi connectivity index (χ4v) is 3.52. The van der Waals surface area contributed by atoms with Crippen LogP contribution in [0.25, 0.3) is 0 Å². The Kier molecular flexibility index (Phi) is 5.27. The topological polar surface area (TPSA) is 62.3 Å². The molecule has 0 bridgehead atoms. The quantitative estimate of drug-likeness (QED) is 0.684. The zero-order valence-electron chi connectivity index (χ0n) is 15.3. The fourth-order valence-electron chi connectivity index (χ4n) is 3.40. The maximum Gasteiger partial charge on any atom is 0.260 e. The Bertz CT molecular complexity index is 1050. The lowest BCUT2D eigenvalue weighted by Gasteiger charge is -2.24. The molecule has 5 nitrogen and oxygen atoms in total. The van der Waals surface area contributed by atoms with Gasteiger partial charge in [-0.3, -0.25) is 19.5 Å². The number of amides is 2. The van der Waals surface area contributed by atoms with Gasteiger partial charge in [0.25, 0.3) is 5.91 Å². The van der Waals surface area contributed by atoms with Crippen LogP contribution < -0.4 is 10.2 Å². The molecule has 1 atom stereocenters. The van der Waals surface area contributed by atoms with Crippen molar-refractivity contribution in [1.29, 1.82) is 0 Å². The van der Waals surface area contributed by atoms with Crippen molar-refractivity contribution in [1.82, 2.24) is 10.3 Å². The second-order valence-electron chi connectivity index (χ2n) is 6.71. The molecule has 2 aromatic carbocycles. The number of halogens is 2. The number of anilines is 1. The van der Waals surface area contributed by atoms with Crippen LogP contribution in [0.15, 0.2) is 66.9 Å². The maximum absolute atomic E-state index is 13.3. The summed E-state index contributed by atoms with van der Waals surface area (Å²) in [5.74, 6) is -0.869. The summed E-state index contributed by atoms with van der Waals surface area (Å²) in [6.45, 7) is 0.349. The second kappa shape index (κ2) is 8.01. The van der Waals surface area contributed by atoms with Crippen molar-refractivity contribution >= 4 is 29.1 Å². The lowest BCUT2D eigenvalue weighted by Crippen LogP contribution is -2.33. The number of hydrogen-bond acceptors (Lipinski definition) is 3. The Morgan fingerprint density at radius 3 is 2.55 bits per heavy atom. The minimum absolute atomic E-state index is 0.0424. The standard InChI is InChI=1S/C22H17ClFN3O2/c23-15-5-3-14(4-6-15)13-26-20(28)12-19-21-18(2-1-11-25-21)22(29)27(19)17-9-7-16(24)8-10-17/h1-11,19H,12-13H2,(H,26,28). The monoisotopic (exact) mass is 409 g/mol. The van der Waals surface area contributed by atoms with Gasteiger partial charge < -0.3 is 5.32 Å². The Morgan fingerprint density at radius 1 is 1.10 bits per heavy atom. The van der Waals surface area contributed by atoms with Gasteiger partial charge in [-0.15, -0.1) is 0 Å². The fraction of sp³-hybridized carbons (Fsp3) is 0.136. The molecule has 0 saturated heterocycles. The highest BCUT2D eigenvalue weighted by Crippen LogP contribution is 2.38. The van der Waals surface area contributed by atoms with E-state index in [2.05, 4.69) is 10.3 Å². The van der Waals surface area contributed by atoms with E-state index in [0.717, 1.165) is 5.56 Å². The summed E-state index contributed by atoms with van der Waals surface area (Å²) >= 11 is 5.88. The first-order valence-corrected chi connectivity index (χ1v) is 9.46. The molecule has 0 fully saturated rings. The van der Waals surface area contributed by atoms with E-state index in [1.807, 2.05) is 12.1 Å². The second-order valence-corrected chi connectivity index (χ2v) is 7.15. The number of rotatable bonds is 5. The number of nitrogens with one attached hydrogen (secondary N) is 1. The molecule has 146 valence electrons. The molecule has 1 aromatic heterocycles. The molecule has 7 heteroatoms. The summed E-state index contributed by atoms with van der Waals surface area (Å²) in [7, 11) is 0. The smallest absolute Gasteiger partial charge is 0.260 e. The minimum Gasteiger partial charge on any atom is -0.352 e. The molecule has 1 N–H and O–H groups in total. The van der Waals surface area contributed by atoms with E-state index >= 15 is 0 Å². The van der Waals surface area contributed by atoms with Crippen LogP contribution in [0, 0.1) is 5.82 Å². The van der Waals surface area contributed by atoms with Gasteiger partial charge in [0.15, 0.2) is 0 Å². The molecule has 0 spiro atoms. The van der Waals surface area contributed by atoms with Crippen molar-refractivity contribution in [3.63, 3.8) is 0 Å². The zero-order chi connectivity index (χ0) is 20.4. The highest BCUT2D eigenvalue weighted by molar-refractivity contribution is 6.30. The average Bonchev–Trinajstić information content (AvgIpc) is 3.00. The largest absolute Gasteiger partial charge is 0.352 e. The van der Waals surface area contributed by atoms with Crippen molar-refractivity contribution in [3.8, 4) is 0 Å². The molecule has 4 rings (SSSR count). The van der Waals surface area contributed by atoms with E-state index in [0.29, 0.717) is 28.5 Å². The van der Waals surface area contributed by atoms with Gasteiger partial charge in [-0.1, -0.05) is 23.7 Å². The molecule has 2 amide bonds. The molecule has 3 aromatic rings. The Morgan fingerprint density at radius 2 is 1.83 bits per heavy atom. The summed E-state index contributed by atoms with van der Waals surface area (Å²) in [4.78, 5) is 31.4. The van der Waals surface area contributed by atoms with Gasteiger partial charge in [-0.2, -0.15) is 0 Å². The van der Waals surface area contributed by atoms with Gasteiger partial charge in [0.1, 0.15) is 5.82 Å². The van der Waals surface area contributed by atoms with Crippen LogP contribution in [0.1, 0.15) is 34.1 Å². The van der Waals surface area contributed by atoms with Gasteiger partial charge in [-0.25, -0.2) is 4.39 Å². The molecule has 2 heterocycles. The summed E-state index contributed by atoms with van der Waals surface area (Å²) in [6, 6.07) is 15.6. The Balaban J connectivity index is 1.55. The van der Waals surface area contributed by atoms with E-state index in [9.17, 15) is 14.0 Å². The summed E-state index contributed by atoms with van der Waals surface area (Å²) in [6.07, 6.45) is 1.64. The number of fused-ring (bicyclic) bond motifs is 1. The Hall–Kier alpha value is -3.25. The van der Waals surface area contributed by atoms with Gasteiger partial charge in [0, 0.05) is 23.5 Å². The van der Waals surface area contributed by atoms with Crippen molar-refractivity contribution in [2.45, 2.75) is 19.0 Å². The van der Waals surface area contributed by atoms with E-state index < -0.39 is 11.9 Å². The molecular formula is C22H17ClFN3O2. The van der Waals surface area contributed by atoms with Crippen LogP contribution in [-0.2, 0) is 11.3 Å². The highest BCUT2D eigenvalue weighted by Gasteiger charge is 2.39. The van der Waals surface area contributed by atoms with Crippen molar-refractivity contribution in [2.75, 3.05) is 4.90 Å². The lowest BCUT2D eigenvalue weighted by atomic mass is 10.1. The van der Waals surface area contributed by atoms with Crippen molar-refractivity contribution in [3.05, 3.63) is 94.5 Å². The van der Waals surface area contributed by atoms with Gasteiger partial charge in [0.05, 0.1) is 23.7 Å². The molecule has 29 heavy (non-hydrogen) atoms. The van der Waals surface area contributed by atoms with Crippen molar-refractivity contribution < 1.29 is 14.0 Å². The van der Waals surface area contributed by atoms with E-state index in [4.69, 9.17) is 11.6 Å². The lowest BCUT2D eigenvalue weighted by molar-refractivity contribution is -0.121. The first kappa shape index (κ1) is 19.1. The number of benzene rings is 2. The molecule has 0 radical (unpaired) electrons. The van der Waals surface area contributed by atoms with Crippen LogP contribution in [0.2, 0.25) is 5.02 Å². The van der Waals surface area contributed by atoms with Crippen LogP contribution in [0.5, 0.6) is 0 Å². The van der Waals surface area contributed by atoms with Crippen molar-refractivity contribution in [2.24, 2.45) is 0 Å². The normalized spacial score (nSPS) is 15.3. The molecule has 0 saturated carbocycles. The van der Waals surface area contributed by atoms with Crippen LogP contribution >= 0.6 is 11.6 Å². The number of pyridine rings is 1. The zero-order valence-corrected chi connectivity index (χ0v) is 16.1. The van der Waals surface area contributed by atoms with Crippen LogP contribution in [0.3, 0.4) is 0 Å². The summed E-state index contributed by atoms with van der Waals surface area (Å²) < 4.78 is 13.3. The van der Waals surface area contributed by atoms with Gasteiger partial charge in [-0.05, 0) is 54.1 Å². The number of nitrogens with zero attached hydrogens (tertiary/aromatic N) is 2. The number of carbonyl (C=O) groups is 2. The molecule has 1 unspecified atom stereocenters. The number of aromatic nitrogens is 1. The predicted molar refractivity (Wildman–Crippen MR) is 108 cm³/mol. The highest BCUT2D eigenvalue weighted by atomic mass is 35.5. The van der Waals surface area contributed by atoms with Gasteiger partial charge in [0.2, 0.25) is 5.91 Å². The average molecular weight is 410 g/mol. The first-order valence-electron chi connectivity index (χ1n) is 9.08. The summed E-state index contributed by atoms with van der Waals surface area (Å²) in [5, 5.41) is 3.49. The third-order valence-corrected chi connectivity index (χ3v) is 5.05. The Labute approximate surface area is 172 Å².